The van der Waals surface area contributed by atoms with Gasteiger partial charge in [-0.05, 0) is 25.7 Å². The molecule has 0 bridgehead atoms. The van der Waals surface area contributed by atoms with Crippen LogP contribution >= 0.6 is 24.0 Å². The van der Waals surface area contributed by atoms with Gasteiger partial charge in [-0.1, -0.05) is 25.7 Å². The van der Waals surface area contributed by atoms with E-state index in [1.807, 2.05) is 14.1 Å². The molecule has 0 aromatic rings. The molecule has 1 amide bonds. The van der Waals surface area contributed by atoms with E-state index >= 15 is 0 Å². The lowest BCUT2D eigenvalue weighted by atomic mass is 9.85. The van der Waals surface area contributed by atoms with Gasteiger partial charge in [-0.2, -0.15) is 0 Å². The highest BCUT2D eigenvalue weighted by molar-refractivity contribution is 14.0. The van der Waals surface area contributed by atoms with Gasteiger partial charge in [0.1, 0.15) is 0 Å². The van der Waals surface area contributed by atoms with Gasteiger partial charge in [-0.15, -0.1) is 24.0 Å². The Morgan fingerprint density at radius 1 is 1.24 bits per heavy atom. The van der Waals surface area contributed by atoms with Crippen LogP contribution in [0.3, 0.4) is 0 Å². The zero-order valence-electron chi connectivity index (χ0n) is 13.2. The highest BCUT2D eigenvalue weighted by Crippen LogP contribution is 2.39. The summed E-state index contributed by atoms with van der Waals surface area (Å²) in [6, 6.07) is 0.475. The van der Waals surface area contributed by atoms with Crippen LogP contribution in [0.2, 0.25) is 0 Å². The average molecular weight is 408 g/mol. The number of amides is 1. The first-order chi connectivity index (χ1) is 9.53. The second kappa shape index (κ2) is 8.19. The smallest absolute Gasteiger partial charge is 0.230 e. The summed E-state index contributed by atoms with van der Waals surface area (Å²) in [4.78, 5) is 18.6. The van der Waals surface area contributed by atoms with Crippen LogP contribution in [0.25, 0.3) is 0 Å². The summed E-state index contributed by atoms with van der Waals surface area (Å²) in [5.74, 6) is 0.710. The SMILES string of the molecule is CN(C)C(=O)C1(CN=C(N)NC2CCCC2)CCCC1.I. The number of nitrogens with zero attached hydrogens (tertiary/aromatic N) is 2. The Hall–Kier alpha value is -0.530. The van der Waals surface area contributed by atoms with Gasteiger partial charge >= 0.3 is 0 Å². The van der Waals surface area contributed by atoms with Crippen molar-refractivity contribution in [2.24, 2.45) is 16.1 Å². The predicted molar refractivity (Wildman–Crippen MR) is 96.9 cm³/mol. The maximum absolute atomic E-state index is 12.4. The number of nitrogens with two attached hydrogens (primary N) is 1. The molecular formula is C15H29IN4O. The van der Waals surface area contributed by atoms with Gasteiger partial charge in [0.25, 0.3) is 0 Å². The molecule has 0 aromatic carbocycles. The normalized spacial score (nSPS) is 21.9. The molecule has 5 nitrogen and oxygen atoms in total. The van der Waals surface area contributed by atoms with Gasteiger partial charge in [-0.25, -0.2) is 0 Å². The molecule has 122 valence electrons. The molecule has 3 N–H and O–H groups in total. The van der Waals surface area contributed by atoms with Gasteiger partial charge < -0.3 is 16.0 Å². The van der Waals surface area contributed by atoms with E-state index in [9.17, 15) is 4.79 Å². The first-order valence-corrected chi connectivity index (χ1v) is 7.82. The zero-order chi connectivity index (χ0) is 14.6. The third-order valence-corrected chi connectivity index (χ3v) is 4.68. The Morgan fingerprint density at radius 2 is 1.81 bits per heavy atom. The Morgan fingerprint density at radius 3 is 2.33 bits per heavy atom. The molecule has 0 saturated heterocycles. The van der Waals surface area contributed by atoms with Crippen LogP contribution in [0.15, 0.2) is 4.99 Å². The third-order valence-electron chi connectivity index (χ3n) is 4.68. The molecule has 0 spiro atoms. The molecular weight excluding hydrogens is 379 g/mol. The molecule has 0 heterocycles. The lowest BCUT2D eigenvalue weighted by molar-refractivity contribution is -0.138. The number of guanidine groups is 1. The van der Waals surface area contributed by atoms with Crippen molar-refractivity contribution in [2.45, 2.75) is 57.4 Å². The highest BCUT2D eigenvalue weighted by Gasteiger charge is 2.41. The number of carbonyl (C=O) groups is 1. The van der Waals surface area contributed by atoms with Crippen LogP contribution in [-0.4, -0.2) is 43.4 Å². The summed E-state index contributed by atoms with van der Waals surface area (Å²) < 4.78 is 0. The maximum Gasteiger partial charge on any atom is 0.230 e. The molecule has 2 aliphatic carbocycles. The van der Waals surface area contributed by atoms with Crippen LogP contribution in [0.1, 0.15) is 51.4 Å². The van der Waals surface area contributed by atoms with E-state index in [0.717, 1.165) is 25.7 Å². The van der Waals surface area contributed by atoms with Crippen LogP contribution in [0, 0.1) is 5.41 Å². The maximum atomic E-state index is 12.4. The molecule has 0 aliphatic heterocycles. The van der Waals surface area contributed by atoms with Crippen LogP contribution in [0.5, 0.6) is 0 Å². The Bertz CT molecular complexity index is 372. The molecule has 21 heavy (non-hydrogen) atoms. The molecule has 0 unspecified atom stereocenters. The topological polar surface area (TPSA) is 70.7 Å². The van der Waals surface area contributed by atoms with Gasteiger partial charge in [0, 0.05) is 20.1 Å². The Balaban J connectivity index is 0.00000220. The largest absolute Gasteiger partial charge is 0.370 e. The summed E-state index contributed by atoms with van der Waals surface area (Å²) in [7, 11) is 3.65. The second-order valence-electron chi connectivity index (χ2n) is 6.51. The molecule has 2 rings (SSSR count). The number of hydrogen-bond acceptors (Lipinski definition) is 2. The monoisotopic (exact) mass is 408 g/mol. The lowest BCUT2D eigenvalue weighted by Crippen LogP contribution is -2.43. The Labute approximate surface area is 145 Å². The van der Waals surface area contributed by atoms with Crippen molar-refractivity contribution in [1.29, 1.82) is 0 Å². The summed E-state index contributed by atoms with van der Waals surface area (Å²) in [6.45, 7) is 0.523. The summed E-state index contributed by atoms with van der Waals surface area (Å²) in [5, 5.41) is 3.29. The van der Waals surface area contributed by atoms with Crippen molar-refractivity contribution >= 4 is 35.8 Å². The minimum Gasteiger partial charge on any atom is -0.370 e. The molecule has 6 heteroatoms. The first-order valence-electron chi connectivity index (χ1n) is 7.82. The van der Waals surface area contributed by atoms with E-state index in [2.05, 4.69) is 10.3 Å². The van der Waals surface area contributed by atoms with E-state index in [1.165, 1.54) is 25.7 Å². The van der Waals surface area contributed by atoms with Gasteiger partial charge in [0.15, 0.2) is 5.96 Å². The van der Waals surface area contributed by atoms with E-state index in [1.54, 1.807) is 4.90 Å². The highest BCUT2D eigenvalue weighted by atomic mass is 127. The number of aliphatic imine (C=N–C) groups is 1. The van der Waals surface area contributed by atoms with Crippen molar-refractivity contribution in [2.75, 3.05) is 20.6 Å². The van der Waals surface area contributed by atoms with Crippen molar-refractivity contribution in [3.05, 3.63) is 0 Å². The fourth-order valence-corrected chi connectivity index (χ4v) is 3.53. The predicted octanol–water partition coefficient (Wildman–Crippen LogP) is 2.10. The number of halogens is 1. The van der Waals surface area contributed by atoms with E-state index in [4.69, 9.17) is 5.73 Å². The third kappa shape index (κ3) is 4.72. The summed E-state index contributed by atoms with van der Waals surface area (Å²) >= 11 is 0. The minimum absolute atomic E-state index is 0. The van der Waals surface area contributed by atoms with Crippen LogP contribution < -0.4 is 11.1 Å². The lowest BCUT2D eigenvalue weighted by Gasteiger charge is -2.29. The standard InChI is InChI=1S/C15H28N4O.HI/c1-19(2)13(20)15(9-5-6-10-15)11-17-14(16)18-12-7-3-4-8-12;/h12H,3-11H2,1-2H3,(H3,16,17,18);1H. The first kappa shape index (κ1) is 18.5. The molecule has 0 atom stereocenters. The quantitative estimate of drug-likeness (QED) is 0.425. The van der Waals surface area contributed by atoms with Crippen molar-refractivity contribution in [1.82, 2.24) is 10.2 Å². The molecule has 0 radical (unpaired) electrons. The van der Waals surface area contributed by atoms with Gasteiger partial charge in [0.2, 0.25) is 5.91 Å². The van der Waals surface area contributed by atoms with Crippen molar-refractivity contribution in [3.63, 3.8) is 0 Å². The zero-order valence-corrected chi connectivity index (χ0v) is 15.6. The number of hydrogen-bond donors (Lipinski definition) is 2. The Kier molecular flexibility index (Phi) is 7.23. The molecule has 0 aromatic heterocycles. The van der Waals surface area contributed by atoms with Gasteiger partial charge in [-0.3, -0.25) is 9.79 Å². The summed E-state index contributed by atoms with van der Waals surface area (Å²) in [5.41, 5.74) is 5.67. The van der Waals surface area contributed by atoms with Crippen molar-refractivity contribution < 1.29 is 4.79 Å². The summed E-state index contributed by atoms with van der Waals surface area (Å²) in [6.07, 6.45) is 9.00. The van der Waals surface area contributed by atoms with Crippen molar-refractivity contribution in [3.8, 4) is 0 Å². The average Bonchev–Trinajstić information content (AvgIpc) is 3.07. The fourth-order valence-electron chi connectivity index (χ4n) is 3.53. The van der Waals surface area contributed by atoms with E-state index in [-0.39, 0.29) is 35.3 Å². The molecule has 2 fully saturated rings. The molecule has 2 aliphatic rings. The van der Waals surface area contributed by atoms with E-state index in [0.29, 0.717) is 18.5 Å². The van der Waals surface area contributed by atoms with Crippen LogP contribution in [0.4, 0.5) is 0 Å². The number of rotatable bonds is 4. The number of carbonyl (C=O) groups excluding carboxylic acids is 1. The molecule has 2 saturated carbocycles. The second-order valence-corrected chi connectivity index (χ2v) is 6.51. The van der Waals surface area contributed by atoms with Gasteiger partial charge in [0.05, 0.1) is 12.0 Å². The van der Waals surface area contributed by atoms with E-state index < -0.39 is 0 Å². The minimum atomic E-state index is -0.314. The number of nitrogens with one attached hydrogen (secondary N) is 1. The van der Waals surface area contributed by atoms with Crippen LogP contribution in [-0.2, 0) is 4.79 Å². The fraction of sp³-hybridized carbons (Fsp3) is 0.867.